The Morgan fingerprint density at radius 1 is 1.19 bits per heavy atom. The van der Waals surface area contributed by atoms with Crippen LogP contribution < -0.4 is 4.74 Å². The monoisotopic (exact) mass is 354 g/mol. The highest BCUT2D eigenvalue weighted by Gasteiger charge is 2.35. The number of hydrogen-bond acceptors (Lipinski definition) is 4. The third-order valence-electron chi connectivity index (χ3n) is 4.49. The van der Waals surface area contributed by atoms with Crippen LogP contribution in [0.4, 0.5) is 4.79 Å². The molecule has 1 aliphatic rings. The zero-order valence-electron chi connectivity index (χ0n) is 14.9. The van der Waals surface area contributed by atoms with E-state index >= 15 is 0 Å². The van der Waals surface area contributed by atoms with Gasteiger partial charge in [-0.15, -0.1) is 0 Å². The fourth-order valence-electron chi connectivity index (χ4n) is 3.02. The minimum Gasteiger partial charge on any atom is -0.496 e. The second-order valence-electron chi connectivity index (χ2n) is 6.19. The first kappa shape index (κ1) is 17.8. The summed E-state index contributed by atoms with van der Waals surface area (Å²) in [7, 11) is 3.32. The van der Waals surface area contributed by atoms with Gasteiger partial charge in [-0.25, -0.2) is 4.79 Å². The minimum atomic E-state index is -0.460. The number of nitrogens with zero attached hydrogens (tertiary/aromatic N) is 2. The van der Waals surface area contributed by atoms with Crippen LogP contribution in [-0.4, -0.2) is 49.1 Å². The van der Waals surface area contributed by atoms with Crippen molar-refractivity contribution >= 4 is 12.0 Å². The van der Waals surface area contributed by atoms with E-state index in [1.165, 1.54) is 4.90 Å². The largest absolute Gasteiger partial charge is 0.496 e. The van der Waals surface area contributed by atoms with Gasteiger partial charge in [-0.2, -0.15) is 0 Å². The molecule has 1 fully saturated rings. The van der Waals surface area contributed by atoms with Gasteiger partial charge >= 0.3 is 6.09 Å². The van der Waals surface area contributed by atoms with E-state index in [1.54, 1.807) is 19.1 Å². The maximum absolute atomic E-state index is 12.7. The molecule has 26 heavy (non-hydrogen) atoms. The lowest BCUT2D eigenvalue weighted by Gasteiger charge is -2.25. The van der Waals surface area contributed by atoms with Gasteiger partial charge in [-0.3, -0.25) is 9.69 Å². The summed E-state index contributed by atoms with van der Waals surface area (Å²) in [4.78, 5) is 27.8. The van der Waals surface area contributed by atoms with Gasteiger partial charge < -0.3 is 14.4 Å². The minimum absolute atomic E-state index is 0.0238. The molecule has 2 aromatic rings. The second kappa shape index (κ2) is 7.91. The first-order valence-electron chi connectivity index (χ1n) is 8.44. The Labute approximate surface area is 152 Å². The summed E-state index contributed by atoms with van der Waals surface area (Å²) >= 11 is 0. The van der Waals surface area contributed by atoms with Crippen molar-refractivity contribution in [3.8, 4) is 5.75 Å². The average molecular weight is 354 g/mol. The molecule has 3 rings (SSSR count). The predicted octanol–water partition coefficient (Wildman–Crippen LogP) is 2.85. The number of benzene rings is 2. The van der Waals surface area contributed by atoms with Crippen LogP contribution >= 0.6 is 0 Å². The summed E-state index contributed by atoms with van der Waals surface area (Å²) in [5.74, 6) is 0.575. The number of hydrogen-bond donors (Lipinski definition) is 0. The maximum Gasteiger partial charge on any atom is 0.410 e. The van der Waals surface area contributed by atoms with E-state index in [9.17, 15) is 9.59 Å². The summed E-state index contributed by atoms with van der Waals surface area (Å²) < 4.78 is 10.5. The van der Waals surface area contributed by atoms with E-state index in [0.29, 0.717) is 6.54 Å². The molecular weight excluding hydrogens is 332 g/mol. The molecule has 1 heterocycles. The number of para-hydroxylation sites is 1. The van der Waals surface area contributed by atoms with Crippen molar-refractivity contribution in [2.75, 3.05) is 27.3 Å². The second-order valence-corrected chi connectivity index (χ2v) is 6.19. The van der Waals surface area contributed by atoms with Gasteiger partial charge in [-0.05, 0) is 11.6 Å². The molecule has 2 aromatic carbocycles. The van der Waals surface area contributed by atoms with Crippen molar-refractivity contribution in [1.82, 2.24) is 9.80 Å². The molecule has 6 heteroatoms. The van der Waals surface area contributed by atoms with E-state index in [2.05, 4.69) is 0 Å². The van der Waals surface area contributed by atoms with Gasteiger partial charge in [0.05, 0.1) is 13.2 Å². The van der Waals surface area contributed by atoms with Crippen molar-refractivity contribution in [2.45, 2.75) is 12.6 Å². The SMILES string of the molecule is COc1ccccc1CN(C)C(=O)CN1C(=O)OC[C@@H]1c1ccccc1. The molecule has 136 valence electrons. The van der Waals surface area contributed by atoms with Crippen molar-refractivity contribution in [3.05, 3.63) is 65.7 Å². The van der Waals surface area contributed by atoms with Gasteiger partial charge in [0.15, 0.2) is 0 Å². The van der Waals surface area contributed by atoms with Gasteiger partial charge in [0, 0.05) is 19.2 Å². The quantitative estimate of drug-likeness (QED) is 0.800. The van der Waals surface area contributed by atoms with Gasteiger partial charge in [0.2, 0.25) is 5.91 Å². The molecule has 0 radical (unpaired) electrons. The lowest BCUT2D eigenvalue weighted by molar-refractivity contribution is -0.131. The lowest BCUT2D eigenvalue weighted by atomic mass is 10.1. The third kappa shape index (κ3) is 3.79. The smallest absolute Gasteiger partial charge is 0.410 e. The van der Waals surface area contributed by atoms with Crippen LogP contribution in [0.3, 0.4) is 0 Å². The standard InChI is InChI=1S/C20H22N2O4/c1-21(12-16-10-6-7-11-18(16)25-2)19(23)13-22-17(14-26-20(22)24)15-8-4-3-5-9-15/h3-11,17H,12-14H2,1-2H3/t17-/m1/s1. The van der Waals surface area contributed by atoms with Crippen molar-refractivity contribution < 1.29 is 19.1 Å². The topological polar surface area (TPSA) is 59.1 Å². The molecule has 0 unspecified atom stereocenters. The molecular formula is C20H22N2O4. The average Bonchev–Trinajstić information content (AvgIpc) is 3.03. The molecule has 6 nitrogen and oxygen atoms in total. The fourth-order valence-corrected chi connectivity index (χ4v) is 3.02. The number of ether oxygens (including phenoxy) is 2. The van der Waals surface area contributed by atoms with Crippen molar-refractivity contribution in [3.63, 3.8) is 0 Å². The zero-order chi connectivity index (χ0) is 18.5. The number of methoxy groups -OCH3 is 1. The molecule has 1 aliphatic heterocycles. The summed E-state index contributed by atoms with van der Waals surface area (Å²) in [6, 6.07) is 16.9. The molecule has 0 aromatic heterocycles. The summed E-state index contributed by atoms with van der Waals surface area (Å²) in [6.07, 6.45) is -0.460. The summed E-state index contributed by atoms with van der Waals surface area (Å²) in [5.41, 5.74) is 1.87. The summed E-state index contributed by atoms with van der Waals surface area (Å²) in [5, 5.41) is 0. The number of rotatable bonds is 6. The molecule has 2 amide bonds. The first-order valence-corrected chi connectivity index (χ1v) is 8.44. The van der Waals surface area contributed by atoms with Crippen LogP contribution in [0.15, 0.2) is 54.6 Å². The number of cyclic esters (lactones) is 1. The van der Waals surface area contributed by atoms with Gasteiger partial charge in [0.1, 0.15) is 18.9 Å². The highest BCUT2D eigenvalue weighted by atomic mass is 16.6. The number of carbonyl (C=O) groups excluding carboxylic acids is 2. The van der Waals surface area contributed by atoms with E-state index in [4.69, 9.17) is 9.47 Å². The van der Waals surface area contributed by atoms with Crippen LogP contribution in [0.5, 0.6) is 5.75 Å². The Balaban J connectivity index is 1.68. The third-order valence-corrected chi connectivity index (χ3v) is 4.49. The van der Waals surface area contributed by atoms with E-state index in [0.717, 1.165) is 16.9 Å². The number of amides is 2. The molecule has 1 saturated heterocycles. The normalized spacial score (nSPS) is 16.3. The van der Waals surface area contributed by atoms with Crippen molar-refractivity contribution in [1.29, 1.82) is 0 Å². The fraction of sp³-hybridized carbons (Fsp3) is 0.300. The molecule has 0 N–H and O–H groups in total. The van der Waals surface area contributed by atoms with Gasteiger partial charge in [0.25, 0.3) is 0 Å². The Morgan fingerprint density at radius 2 is 1.88 bits per heavy atom. The first-order chi connectivity index (χ1) is 12.6. The number of carbonyl (C=O) groups is 2. The van der Waals surface area contributed by atoms with Crippen LogP contribution in [0.25, 0.3) is 0 Å². The Hall–Kier alpha value is -3.02. The van der Waals surface area contributed by atoms with E-state index < -0.39 is 6.09 Å². The molecule has 0 bridgehead atoms. The lowest BCUT2D eigenvalue weighted by Crippen LogP contribution is -2.39. The molecule has 1 atom stereocenters. The Kier molecular flexibility index (Phi) is 5.41. The van der Waals surface area contributed by atoms with Crippen molar-refractivity contribution in [2.24, 2.45) is 0 Å². The molecule has 0 aliphatic carbocycles. The highest BCUT2D eigenvalue weighted by molar-refractivity contribution is 5.83. The predicted molar refractivity (Wildman–Crippen MR) is 96.7 cm³/mol. The van der Waals surface area contributed by atoms with E-state index in [1.807, 2.05) is 54.6 Å². The van der Waals surface area contributed by atoms with Crippen LogP contribution in [0.1, 0.15) is 17.2 Å². The van der Waals surface area contributed by atoms with Crippen LogP contribution in [0, 0.1) is 0 Å². The van der Waals surface area contributed by atoms with E-state index in [-0.39, 0.29) is 25.1 Å². The van der Waals surface area contributed by atoms with Crippen LogP contribution in [0.2, 0.25) is 0 Å². The molecule has 0 spiro atoms. The zero-order valence-corrected chi connectivity index (χ0v) is 14.9. The van der Waals surface area contributed by atoms with Crippen LogP contribution in [-0.2, 0) is 16.1 Å². The highest BCUT2D eigenvalue weighted by Crippen LogP contribution is 2.27. The van der Waals surface area contributed by atoms with Gasteiger partial charge in [-0.1, -0.05) is 48.5 Å². The Morgan fingerprint density at radius 3 is 2.62 bits per heavy atom. The molecule has 0 saturated carbocycles. The Bertz CT molecular complexity index is 778. The number of likely N-dealkylation sites (N-methyl/N-ethyl adjacent to an activating group) is 1. The summed E-state index contributed by atoms with van der Waals surface area (Å²) in [6.45, 7) is 0.637. The maximum atomic E-state index is 12.7.